The first kappa shape index (κ1) is 11.5. The van der Waals surface area contributed by atoms with Crippen LogP contribution in [0.25, 0.3) is 0 Å². The zero-order chi connectivity index (χ0) is 11.6. The fraction of sp³-hybridized carbons (Fsp3) is 0.222. The Morgan fingerprint density at radius 3 is 2.40 bits per heavy atom. The highest BCUT2D eigenvalue weighted by Gasteiger charge is 2.14. The molecule has 0 aliphatic rings. The number of esters is 1. The molecule has 0 aliphatic carbocycles. The molecule has 0 amide bonds. The minimum Gasteiger partial charge on any atom is -0.465 e. The molecule has 0 spiro atoms. The van der Waals surface area contributed by atoms with Crippen molar-refractivity contribution in [3.05, 3.63) is 23.8 Å². The number of carbonyl (C=O) groups is 1. The average molecular weight is 229 g/mol. The van der Waals surface area contributed by atoms with Crippen LogP contribution in [0.4, 0.5) is 5.69 Å². The molecule has 0 bridgehead atoms. The second-order valence-electron chi connectivity index (χ2n) is 3.02. The topological polar surface area (TPSA) is 86.5 Å². The maximum absolute atomic E-state index is 11.2. The zero-order valence-electron chi connectivity index (χ0n) is 8.35. The number of hydrogen-bond acceptors (Lipinski definition) is 5. The number of sulfone groups is 1. The highest BCUT2D eigenvalue weighted by atomic mass is 32.2. The standard InChI is InChI=1S/C9H11NO4S/c1-14-9(11)6-3-4-8(7(10)5-6)15(2,12)13/h3-5H,10H2,1-2H3. The van der Waals surface area contributed by atoms with Gasteiger partial charge in [0, 0.05) is 6.26 Å². The molecule has 0 atom stereocenters. The van der Waals surface area contributed by atoms with Crippen molar-refractivity contribution < 1.29 is 17.9 Å². The summed E-state index contributed by atoms with van der Waals surface area (Å²) in [6.07, 6.45) is 1.05. The van der Waals surface area contributed by atoms with Gasteiger partial charge in [0.05, 0.1) is 23.3 Å². The Balaban J connectivity index is 3.27. The highest BCUT2D eigenvalue weighted by molar-refractivity contribution is 7.90. The molecular formula is C9H11NO4S. The van der Waals surface area contributed by atoms with Gasteiger partial charge in [-0.25, -0.2) is 13.2 Å². The van der Waals surface area contributed by atoms with Gasteiger partial charge >= 0.3 is 5.97 Å². The van der Waals surface area contributed by atoms with Crippen molar-refractivity contribution in [3.63, 3.8) is 0 Å². The number of nitrogen functional groups attached to an aromatic ring is 1. The number of benzene rings is 1. The Kier molecular flexibility index (Phi) is 2.99. The minimum atomic E-state index is -3.36. The fourth-order valence-corrected chi connectivity index (χ4v) is 1.93. The molecule has 2 N–H and O–H groups in total. The Bertz CT molecular complexity index is 493. The van der Waals surface area contributed by atoms with Crippen LogP contribution in [0.1, 0.15) is 10.4 Å². The van der Waals surface area contributed by atoms with E-state index in [0.29, 0.717) is 0 Å². The smallest absolute Gasteiger partial charge is 0.337 e. The molecule has 1 aromatic rings. The molecule has 0 fully saturated rings. The first-order valence-electron chi connectivity index (χ1n) is 4.04. The minimum absolute atomic E-state index is 0.00940. The molecule has 0 saturated heterocycles. The SMILES string of the molecule is COC(=O)c1ccc(S(C)(=O)=O)c(N)c1. The van der Waals surface area contributed by atoms with Gasteiger partial charge in [-0.3, -0.25) is 0 Å². The number of ether oxygens (including phenoxy) is 1. The van der Waals surface area contributed by atoms with Gasteiger partial charge in [0.25, 0.3) is 0 Å². The van der Waals surface area contributed by atoms with Crippen molar-refractivity contribution in [2.24, 2.45) is 0 Å². The van der Waals surface area contributed by atoms with Crippen molar-refractivity contribution in [2.75, 3.05) is 19.1 Å². The van der Waals surface area contributed by atoms with E-state index in [1.165, 1.54) is 25.3 Å². The molecule has 0 aromatic heterocycles. The maximum atomic E-state index is 11.2. The monoisotopic (exact) mass is 229 g/mol. The summed E-state index contributed by atoms with van der Waals surface area (Å²) in [6, 6.07) is 3.93. The van der Waals surface area contributed by atoms with Crippen molar-refractivity contribution in [1.82, 2.24) is 0 Å². The van der Waals surface area contributed by atoms with Crippen LogP contribution in [-0.2, 0) is 14.6 Å². The predicted molar refractivity (Wildman–Crippen MR) is 55.3 cm³/mol. The van der Waals surface area contributed by atoms with E-state index in [2.05, 4.69) is 4.74 Å². The van der Waals surface area contributed by atoms with Gasteiger partial charge in [-0.2, -0.15) is 0 Å². The Morgan fingerprint density at radius 2 is 2.00 bits per heavy atom. The molecule has 0 unspecified atom stereocenters. The normalized spacial score (nSPS) is 11.1. The van der Waals surface area contributed by atoms with Gasteiger partial charge in [0.2, 0.25) is 0 Å². The second kappa shape index (κ2) is 3.90. The van der Waals surface area contributed by atoms with E-state index in [-0.39, 0.29) is 16.1 Å². The summed E-state index contributed by atoms with van der Waals surface area (Å²) in [4.78, 5) is 11.1. The van der Waals surface area contributed by atoms with E-state index in [4.69, 9.17) is 5.73 Å². The molecule has 5 nitrogen and oxygen atoms in total. The average Bonchev–Trinajstić information content (AvgIpc) is 2.14. The van der Waals surface area contributed by atoms with E-state index < -0.39 is 15.8 Å². The molecule has 0 saturated carbocycles. The third-order valence-corrected chi connectivity index (χ3v) is 3.00. The van der Waals surface area contributed by atoms with Crippen LogP contribution in [0.2, 0.25) is 0 Å². The van der Waals surface area contributed by atoms with E-state index in [1.807, 2.05) is 0 Å². The van der Waals surface area contributed by atoms with Crippen LogP contribution in [-0.4, -0.2) is 27.8 Å². The fourth-order valence-electron chi connectivity index (χ4n) is 1.13. The number of anilines is 1. The van der Waals surface area contributed by atoms with Crippen LogP contribution in [0.15, 0.2) is 23.1 Å². The Morgan fingerprint density at radius 1 is 1.40 bits per heavy atom. The van der Waals surface area contributed by atoms with Gasteiger partial charge in [-0.1, -0.05) is 0 Å². The second-order valence-corrected chi connectivity index (χ2v) is 5.00. The predicted octanol–water partition coefficient (Wildman–Crippen LogP) is 0.459. The largest absolute Gasteiger partial charge is 0.465 e. The van der Waals surface area contributed by atoms with Crippen LogP contribution in [0.3, 0.4) is 0 Å². The molecule has 1 aromatic carbocycles. The molecule has 0 heterocycles. The van der Waals surface area contributed by atoms with Crippen LogP contribution < -0.4 is 5.73 Å². The first-order valence-corrected chi connectivity index (χ1v) is 5.93. The number of carbonyl (C=O) groups excluding carboxylic acids is 1. The lowest BCUT2D eigenvalue weighted by Gasteiger charge is -2.05. The molecule has 6 heteroatoms. The lowest BCUT2D eigenvalue weighted by Crippen LogP contribution is -2.06. The molecular weight excluding hydrogens is 218 g/mol. The van der Waals surface area contributed by atoms with E-state index in [9.17, 15) is 13.2 Å². The summed E-state index contributed by atoms with van der Waals surface area (Å²) >= 11 is 0. The summed E-state index contributed by atoms with van der Waals surface area (Å²) in [5, 5.41) is 0. The Hall–Kier alpha value is -1.56. The lowest BCUT2D eigenvalue weighted by atomic mass is 10.2. The number of methoxy groups -OCH3 is 1. The van der Waals surface area contributed by atoms with E-state index in [1.54, 1.807) is 0 Å². The van der Waals surface area contributed by atoms with Crippen molar-refractivity contribution in [3.8, 4) is 0 Å². The number of hydrogen-bond donors (Lipinski definition) is 1. The summed E-state index contributed by atoms with van der Waals surface area (Å²) in [5.41, 5.74) is 5.78. The summed E-state index contributed by atoms with van der Waals surface area (Å²) in [6.45, 7) is 0. The van der Waals surface area contributed by atoms with E-state index >= 15 is 0 Å². The van der Waals surface area contributed by atoms with Crippen LogP contribution in [0, 0.1) is 0 Å². The third-order valence-electron chi connectivity index (χ3n) is 1.83. The third kappa shape index (κ3) is 2.47. The lowest BCUT2D eigenvalue weighted by molar-refractivity contribution is 0.0600. The Labute approximate surface area is 87.8 Å². The van der Waals surface area contributed by atoms with Gasteiger partial charge < -0.3 is 10.5 Å². The van der Waals surface area contributed by atoms with Gasteiger partial charge in [-0.05, 0) is 18.2 Å². The quantitative estimate of drug-likeness (QED) is 0.588. The summed E-state index contributed by atoms with van der Waals surface area (Å²) in [7, 11) is -2.12. The van der Waals surface area contributed by atoms with Crippen LogP contribution >= 0.6 is 0 Å². The number of nitrogens with two attached hydrogens (primary N) is 1. The summed E-state index contributed by atoms with van der Waals surface area (Å²) in [5.74, 6) is -0.554. The zero-order valence-corrected chi connectivity index (χ0v) is 9.17. The molecule has 15 heavy (non-hydrogen) atoms. The van der Waals surface area contributed by atoms with Crippen molar-refractivity contribution in [2.45, 2.75) is 4.90 Å². The molecule has 0 aliphatic heterocycles. The summed E-state index contributed by atoms with van der Waals surface area (Å²) < 4.78 is 26.9. The molecule has 82 valence electrons. The van der Waals surface area contributed by atoms with Gasteiger partial charge in [0.1, 0.15) is 0 Å². The molecule has 1 rings (SSSR count). The van der Waals surface area contributed by atoms with Gasteiger partial charge in [-0.15, -0.1) is 0 Å². The van der Waals surface area contributed by atoms with Crippen molar-refractivity contribution in [1.29, 1.82) is 0 Å². The van der Waals surface area contributed by atoms with E-state index in [0.717, 1.165) is 6.26 Å². The molecule has 0 radical (unpaired) electrons. The van der Waals surface area contributed by atoms with Crippen LogP contribution in [0.5, 0.6) is 0 Å². The number of rotatable bonds is 2. The van der Waals surface area contributed by atoms with Gasteiger partial charge in [0.15, 0.2) is 9.84 Å². The van der Waals surface area contributed by atoms with Crippen molar-refractivity contribution >= 4 is 21.5 Å². The first-order chi connectivity index (χ1) is 6.86. The highest BCUT2D eigenvalue weighted by Crippen LogP contribution is 2.19. The maximum Gasteiger partial charge on any atom is 0.337 e.